The van der Waals surface area contributed by atoms with Crippen LogP contribution in [-0.2, 0) is 19.1 Å². The van der Waals surface area contributed by atoms with Crippen molar-refractivity contribution < 1.29 is 23.9 Å². The fraction of sp³-hybridized carbons (Fsp3) is 0.630. The molecule has 200 valence electrons. The number of unbranched alkanes of at least 4 members (excludes halogenated alkanes) is 2. The fourth-order valence-corrected chi connectivity index (χ4v) is 4.17. The molecular formula is C27H42N4O5. The number of nitrogens with two attached hydrogens (primary N) is 1. The summed E-state index contributed by atoms with van der Waals surface area (Å²) in [5.74, 6) is -1.40. The van der Waals surface area contributed by atoms with Crippen LogP contribution < -0.4 is 16.4 Å². The van der Waals surface area contributed by atoms with E-state index >= 15 is 0 Å². The number of carbonyl (C=O) groups excluding carboxylic acids is 4. The Labute approximate surface area is 214 Å². The van der Waals surface area contributed by atoms with Crippen molar-refractivity contribution in [3.63, 3.8) is 0 Å². The number of hydrogen-bond acceptors (Lipinski definition) is 5. The summed E-state index contributed by atoms with van der Waals surface area (Å²) in [7, 11) is 0. The molecule has 0 radical (unpaired) electrons. The molecule has 4 atom stereocenters. The zero-order valence-corrected chi connectivity index (χ0v) is 22.4. The van der Waals surface area contributed by atoms with E-state index in [9.17, 15) is 19.2 Å². The average molecular weight is 503 g/mol. The number of aryl methyl sites for hydroxylation is 1. The van der Waals surface area contributed by atoms with Gasteiger partial charge in [-0.05, 0) is 52.0 Å². The van der Waals surface area contributed by atoms with Crippen LogP contribution in [0.5, 0.6) is 0 Å². The summed E-state index contributed by atoms with van der Waals surface area (Å²) >= 11 is 0. The second-order valence-corrected chi connectivity index (χ2v) is 10.7. The standard InChI is InChI=1S/C27H42N4O5/c1-7-8-9-13-29-24(33)23(19-12-10-11-17(2)14-19)31(21-15-18(21)3)25(34)20(16-22(28)32)30-26(35)36-27(4,5)6/h10-12,14,18,20-21,23H,7-9,13,15-16H2,1-6H3,(H2,28,32)(H,29,33)(H,30,35). The number of alkyl carbamates (subject to hydrolysis) is 1. The highest BCUT2D eigenvalue weighted by atomic mass is 16.6. The number of benzene rings is 1. The van der Waals surface area contributed by atoms with E-state index in [1.165, 1.54) is 4.90 Å². The average Bonchev–Trinajstić information content (AvgIpc) is 3.48. The van der Waals surface area contributed by atoms with Crippen molar-refractivity contribution in [2.24, 2.45) is 11.7 Å². The van der Waals surface area contributed by atoms with Gasteiger partial charge < -0.3 is 26.0 Å². The Morgan fingerprint density at radius 3 is 2.39 bits per heavy atom. The Hall–Kier alpha value is -3.10. The van der Waals surface area contributed by atoms with Gasteiger partial charge in [0.15, 0.2) is 0 Å². The van der Waals surface area contributed by atoms with Gasteiger partial charge in [-0.15, -0.1) is 0 Å². The van der Waals surface area contributed by atoms with Crippen molar-refractivity contribution in [1.82, 2.24) is 15.5 Å². The molecule has 0 bridgehead atoms. The molecule has 0 spiro atoms. The number of primary amides is 1. The van der Waals surface area contributed by atoms with E-state index in [-0.39, 0.29) is 17.9 Å². The Kier molecular flexibility index (Phi) is 10.3. The van der Waals surface area contributed by atoms with E-state index in [2.05, 4.69) is 17.6 Å². The summed E-state index contributed by atoms with van der Waals surface area (Å²) < 4.78 is 5.31. The van der Waals surface area contributed by atoms with Gasteiger partial charge in [-0.25, -0.2) is 4.79 Å². The van der Waals surface area contributed by atoms with Gasteiger partial charge in [0, 0.05) is 12.6 Å². The minimum Gasteiger partial charge on any atom is -0.444 e. The number of nitrogens with zero attached hydrogens (tertiary/aromatic N) is 1. The summed E-state index contributed by atoms with van der Waals surface area (Å²) in [4.78, 5) is 53.4. The number of hydrogen-bond donors (Lipinski definition) is 3. The molecule has 36 heavy (non-hydrogen) atoms. The molecule has 0 aromatic heterocycles. The predicted molar refractivity (Wildman–Crippen MR) is 138 cm³/mol. The molecule has 1 saturated carbocycles. The van der Waals surface area contributed by atoms with E-state index in [0.717, 1.165) is 24.8 Å². The third-order valence-corrected chi connectivity index (χ3v) is 6.04. The Bertz CT molecular complexity index is 942. The van der Waals surface area contributed by atoms with Gasteiger partial charge in [0.1, 0.15) is 17.7 Å². The SMILES string of the molecule is CCCCCNC(=O)C(c1cccc(C)c1)N(C(=O)C(CC(N)=O)NC(=O)OC(C)(C)C)C1CC1C. The monoisotopic (exact) mass is 502 g/mol. The molecular weight excluding hydrogens is 460 g/mol. The molecule has 2 rings (SSSR count). The van der Waals surface area contributed by atoms with Crippen LogP contribution in [0.4, 0.5) is 4.79 Å². The zero-order valence-electron chi connectivity index (χ0n) is 22.4. The lowest BCUT2D eigenvalue weighted by molar-refractivity contribution is -0.144. The van der Waals surface area contributed by atoms with Crippen LogP contribution in [0.1, 0.15) is 83.9 Å². The van der Waals surface area contributed by atoms with E-state index < -0.39 is 42.0 Å². The molecule has 1 aromatic carbocycles. The molecule has 1 aliphatic carbocycles. The van der Waals surface area contributed by atoms with Gasteiger partial charge in [-0.2, -0.15) is 0 Å². The predicted octanol–water partition coefficient (Wildman–Crippen LogP) is 3.35. The Morgan fingerprint density at radius 2 is 1.86 bits per heavy atom. The largest absolute Gasteiger partial charge is 0.444 e. The van der Waals surface area contributed by atoms with Crippen LogP contribution in [0.3, 0.4) is 0 Å². The Balaban J connectivity index is 2.43. The minimum absolute atomic E-state index is 0.171. The van der Waals surface area contributed by atoms with E-state index in [0.29, 0.717) is 18.5 Å². The van der Waals surface area contributed by atoms with Crippen molar-refractivity contribution in [2.45, 2.75) is 97.4 Å². The van der Waals surface area contributed by atoms with E-state index in [1.54, 1.807) is 20.8 Å². The van der Waals surface area contributed by atoms with Gasteiger partial charge in [0.25, 0.3) is 0 Å². The van der Waals surface area contributed by atoms with Crippen molar-refractivity contribution in [2.75, 3.05) is 6.54 Å². The first kappa shape index (κ1) is 29.1. The highest BCUT2D eigenvalue weighted by molar-refractivity contribution is 5.95. The first-order valence-electron chi connectivity index (χ1n) is 12.8. The summed E-state index contributed by atoms with van der Waals surface area (Å²) in [6.45, 7) is 11.6. The molecule has 1 fully saturated rings. The van der Waals surface area contributed by atoms with Crippen LogP contribution in [0, 0.1) is 12.8 Å². The fourth-order valence-electron chi connectivity index (χ4n) is 4.17. The van der Waals surface area contributed by atoms with Crippen LogP contribution in [0.25, 0.3) is 0 Å². The van der Waals surface area contributed by atoms with Gasteiger partial charge >= 0.3 is 6.09 Å². The lowest BCUT2D eigenvalue weighted by Crippen LogP contribution is -2.55. The molecule has 0 aliphatic heterocycles. The summed E-state index contributed by atoms with van der Waals surface area (Å²) in [5, 5.41) is 5.50. The van der Waals surface area contributed by atoms with Crippen LogP contribution in [-0.4, -0.2) is 52.9 Å². The first-order chi connectivity index (χ1) is 16.8. The summed E-state index contributed by atoms with van der Waals surface area (Å²) in [5.41, 5.74) is 6.26. The van der Waals surface area contributed by atoms with E-state index in [4.69, 9.17) is 10.5 Å². The quantitative estimate of drug-likeness (QED) is 0.377. The number of amides is 4. The smallest absolute Gasteiger partial charge is 0.408 e. The maximum atomic E-state index is 14.0. The second kappa shape index (κ2) is 12.7. The number of ether oxygens (including phenoxy) is 1. The van der Waals surface area contributed by atoms with Gasteiger partial charge in [-0.3, -0.25) is 14.4 Å². The summed E-state index contributed by atoms with van der Waals surface area (Å²) in [6.07, 6.45) is 2.31. The molecule has 0 saturated heterocycles. The van der Waals surface area contributed by atoms with Crippen molar-refractivity contribution in [3.8, 4) is 0 Å². The second-order valence-electron chi connectivity index (χ2n) is 10.7. The number of nitrogens with one attached hydrogen (secondary N) is 2. The molecule has 9 heteroatoms. The highest BCUT2D eigenvalue weighted by Crippen LogP contribution is 2.41. The van der Waals surface area contributed by atoms with Crippen LogP contribution in [0.2, 0.25) is 0 Å². The van der Waals surface area contributed by atoms with Crippen molar-refractivity contribution >= 4 is 23.8 Å². The molecule has 4 unspecified atom stereocenters. The molecule has 1 aliphatic rings. The lowest BCUT2D eigenvalue weighted by Gasteiger charge is -2.35. The maximum absolute atomic E-state index is 14.0. The van der Waals surface area contributed by atoms with Crippen LogP contribution >= 0.6 is 0 Å². The van der Waals surface area contributed by atoms with Crippen molar-refractivity contribution in [1.29, 1.82) is 0 Å². The number of carbonyl (C=O) groups is 4. The summed E-state index contributed by atoms with van der Waals surface area (Å²) in [6, 6.07) is 5.09. The highest BCUT2D eigenvalue weighted by Gasteiger charge is 2.48. The van der Waals surface area contributed by atoms with Gasteiger partial charge in [0.2, 0.25) is 17.7 Å². The third kappa shape index (κ3) is 8.84. The molecule has 9 nitrogen and oxygen atoms in total. The van der Waals surface area contributed by atoms with Gasteiger partial charge in [0.05, 0.1) is 6.42 Å². The minimum atomic E-state index is -1.26. The maximum Gasteiger partial charge on any atom is 0.408 e. The molecule has 0 heterocycles. The third-order valence-electron chi connectivity index (χ3n) is 6.04. The van der Waals surface area contributed by atoms with E-state index in [1.807, 2.05) is 38.1 Å². The van der Waals surface area contributed by atoms with Crippen molar-refractivity contribution in [3.05, 3.63) is 35.4 Å². The van der Waals surface area contributed by atoms with Crippen LogP contribution in [0.15, 0.2) is 24.3 Å². The molecule has 1 aromatic rings. The normalized spacial score (nSPS) is 18.5. The first-order valence-corrected chi connectivity index (χ1v) is 12.8. The topological polar surface area (TPSA) is 131 Å². The Morgan fingerprint density at radius 1 is 1.19 bits per heavy atom. The van der Waals surface area contributed by atoms with Gasteiger partial charge in [-0.1, -0.05) is 56.5 Å². The number of rotatable bonds is 12. The molecule has 4 N–H and O–H groups in total. The molecule has 4 amide bonds. The lowest BCUT2D eigenvalue weighted by atomic mass is 9.99. The zero-order chi connectivity index (χ0) is 27.0.